The summed E-state index contributed by atoms with van der Waals surface area (Å²) in [6, 6.07) is 14.3. The number of piperidine rings is 1. The summed E-state index contributed by atoms with van der Waals surface area (Å²) in [5.74, 6) is 0. The number of nitrogens with one attached hydrogen (secondary N) is 3. The number of fused-ring (bicyclic) bond motifs is 1. The summed E-state index contributed by atoms with van der Waals surface area (Å²) in [7, 11) is -3.26. The largest absolute Gasteiger partial charge is 0.381 e. The van der Waals surface area contributed by atoms with Crippen LogP contribution in [0.5, 0.6) is 0 Å². The Labute approximate surface area is 165 Å². The van der Waals surface area contributed by atoms with Crippen LogP contribution in [0.15, 0.2) is 48.7 Å². The molecule has 0 amide bonds. The SMILES string of the molecule is CS(=O)(=O)Nc1cccc(CN2CCC[C@@H](Nc3ccc4[nH]ncc4c3)C2)c1. The molecule has 0 spiro atoms. The van der Waals surface area contributed by atoms with Gasteiger partial charge in [-0.2, -0.15) is 5.10 Å². The van der Waals surface area contributed by atoms with E-state index in [9.17, 15) is 8.42 Å². The average Bonchev–Trinajstić information content (AvgIpc) is 3.09. The molecule has 1 atom stereocenters. The fraction of sp³-hybridized carbons (Fsp3) is 0.350. The lowest BCUT2D eigenvalue weighted by atomic mass is 10.0. The predicted octanol–water partition coefficient (Wildman–Crippen LogP) is 3.01. The van der Waals surface area contributed by atoms with Gasteiger partial charge in [0.05, 0.1) is 18.0 Å². The van der Waals surface area contributed by atoms with Gasteiger partial charge in [0.1, 0.15) is 0 Å². The maximum Gasteiger partial charge on any atom is 0.229 e. The van der Waals surface area contributed by atoms with Gasteiger partial charge in [-0.1, -0.05) is 12.1 Å². The van der Waals surface area contributed by atoms with Crippen LogP contribution < -0.4 is 10.0 Å². The van der Waals surface area contributed by atoms with E-state index < -0.39 is 10.0 Å². The van der Waals surface area contributed by atoms with Crippen LogP contribution in [0.4, 0.5) is 11.4 Å². The lowest BCUT2D eigenvalue weighted by Gasteiger charge is -2.33. The third kappa shape index (κ3) is 4.82. The highest BCUT2D eigenvalue weighted by Crippen LogP contribution is 2.22. The Hall–Kier alpha value is -2.58. The van der Waals surface area contributed by atoms with E-state index in [-0.39, 0.29) is 0 Å². The molecule has 8 heteroatoms. The van der Waals surface area contributed by atoms with Gasteiger partial charge in [-0.25, -0.2) is 8.42 Å². The highest BCUT2D eigenvalue weighted by molar-refractivity contribution is 7.92. The van der Waals surface area contributed by atoms with Crippen LogP contribution in [0, 0.1) is 0 Å². The van der Waals surface area contributed by atoms with Gasteiger partial charge < -0.3 is 5.32 Å². The van der Waals surface area contributed by atoms with Gasteiger partial charge in [0.25, 0.3) is 0 Å². The number of sulfonamides is 1. The molecule has 148 valence electrons. The maximum atomic E-state index is 11.4. The second-order valence-electron chi connectivity index (χ2n) is 7.47. The first-order valence-corrected chi connectivity index (χ1v) is 11.3. The van der Waals surface area contributed by atoms with E-state index in [4.69, 9.17) is 0 Å². The Bertz CT molecular complexity index is 1060. The van der Waals surface area contributed by atoms with Crippen LogP contribution in [0.25, 0.3) is 10.9 Å². The average molecular weight is 400 g/mol. The molecule has 0 saturated carbocycles. The molecule has 3 aromatic rings. The third-order valence-electron chi connectivity index (χ3n) is 4.95. The molecule has 28 heavy (non-hydrogen) atoms. The number of nitrogens with zero attached hydrogens (tertiary/aromatic N) is 2. The normalized spacial score (nSPS) is 18.2. The number of benzene rings is 2. The summed E-state index contributed by atoms with van der Waals surface area (Å²) in [4.78, 5) is 2.41. The number of likely N-dealkylation sites (tertiary alicyclic amines) is 1. The van der Waals surface area contributed by atoms with Crippen molar-refractivity contribution >= 4 is 32.3 Å². The molecule has 0 unspecified atom stereocenters. The number of rotatable bonds is 6. The van der Waals surface area contributed by atoms with Crippen LogP contribution in [-0.2, 0) is 16.6 Å². The molecule has 2 aromatic carbocycles. The number of H-pyrrole nitrogens is 1. The Balaban J connectivity index is 1.39. The topological polar surface area (TPSA) is 90.1 Å². The number of hydrogen-bond acceptors (Lipinski definition) is 5. The molecule has 0 aliphatic carbocycles. The molecule has 1 fully saturated rings. The van der Waals surface area contributed by atoms with Crippen molar-refractivity contribution in [3.05, 3.63) is 54.2 Å². The first kappa shape index (κ1) is 18.8. The Morgan fingerprint density at radius 2 is 2.11 bits per heavy atom. The van der Waals surface area contributed by atoms with Gasteiger partial charge in [0, 0.05) is 35.9 Å². The third-order valence-corrected chi connectivity index (χ3v) is 5.56. The molecule has 1 aliphatic rings. The molecule has 0 radical (unpaired) electrons. The van der Waals surface area contributed by atoms with Crippen molar-refractivity contribution < 1.29 is 8.42 Å². The van der Waals surface area contributed by atoms with Crippen LogP contribution >= 0.6 is 0 Å². The van der Waals surface area contributed by atoms with Crippen molar-refractivity contribution in [2.75, 3.05) is 29.4 Å². The molecule has 2 heterocycles. The van der Waals surface area contributed by atoms with E-state index in [0.717, 1.165) is 54.6 Å². The van der Waals surface area contributed by atoms with Crippen molar-refractivity contribution in [3.63, 3.8) is 0 Å². The standard InChI is InChI=1S/C20H25N5O2S/c1-28(26,27)24-18-5-2-4-15(10-18)13-25-9-3-6-19(14-25)22-17-7-8-20-16(11-17)12-21-23-20/h2,4-5,7-8,10-12,19,22,24H,3,6,9,13-14H2,1H3,(H,21,23)/t19-/m1/s1. The van der Waals surface area contributed by atoms with Crippen LogP contribution in [0.2, 0.25) is 0 Å². The Morgan fingerprint density at radius 1 is 1.21 bits per heavy atom. The summed E-state index contributed by atoms with van der Waals surface area (Å²) in [6.07, 6.45) is 5.27. The lowest BCUT2D eigenvalue weighted by molar-refractivity contribution is 0.208. The van der Waals surface area contributed by atoms with Crippen molar-refractivity contribution in [2.24, 2.45) is 0 Å². The van der Waals surface area contributed by atoms with E-state index in [2.05, 4.69) is 37.3 Å². The number of aromatic nitrogens is 2. The zero-order valence-electron chi connectivity index (χ0n) is 15.9. The van der Waals surface area contributed by atoms with E-state index >= 15 is 0 Å². The van der Waals surface area contributed by atoms with Crippen LogP contribution in [0.1, 0.15) is 18.4 Å². The van der Waals surface area contributed by atoms with Crippen LogP contribution in [-0.4, -0.2) is 48.9 Å². The van der Waals surface area contributed by atoms with Gasteiger partial charge in [0.2, 0.25) is 10.0 Å². The minimum Gasteiger partial charge on any atom is -0.381 e. The summed E-state index contributed by atoms with van der Waals surface area (Å²) >= 11 is 0. The van der Waals surface area contributed by atoms with Gasteiger partial charge in [-0.15, -0.1) is 0 Å². The quantitative estimate of drug-likeness (QED) is 0.593. The first-order chi connectivity index (χ1) is 13.4. The molecular formula is C20H25N5O2S. The zero-order chi connectivity index (χ0) is 19.6. The first-order valence-electron chi connectivity index (χ1n) is 9.43. The van der Waals surface area contributed by atoms with Crippen LogP contribution in [0.3, 0.4) is 0 Å². The molecule has 3 N–H and O–H groups in total. The van der Waals surface area contributed by atoms with Gasteiger partial charge in [0.15, 0.2) is 0 Å². The van der Waals surface area contributed by atoms with E-state index in [1.165, 1.54) is 6.26 Å². The van der Waals surface area contributed by atoms with Gasteiger partial charge in [-0.3, -0.25) is 14.7 Å². The van der Waals surface area contributed by atoms with Gasteiger partial charge in [-0.05, 0) is 55.3 Å². The fourth-order valence-corrected chi connectivity index (χ4v) is 4.35. The van der Waals surface area contributed by atoms with Gasteiger partial charge >= 0.3 is 0 Å². The zero-order valence-corrected chi connectivity index (χ0v) is 16.7. The van der Waals surface area contributed by atoms with Crippen molar-refractivity contribution in [2.45, 2.75) is 25.4 Å². The highest BCUT2D eigenvalue weighted by Gasteiger charge is 2.20. The summed E-state index contributed by atoms with van der Waals surface area (Å²) in [5.41, 5.74) is 3.87. The summed E-state index contributed by atoms with van der Waals surface area (Å²) < 4.78 is 25.4. The molecule has 0 bridgehead atoms. The highest BCUT2D eigenvalue weighted by atomic mass is 32.2. The number of aromatic amines is 1. The molecule has 7 nitrogen and oxygen atoms in total. The summed E-state index contributed by atoms with van der Waals surface area (Å²) in [5, 5.41) is 11.8. The monoisotopic (exact) mass is 399 g/mol. The molecular weight excluding hydrogens is 374 g/mol. The smallest absolute Gasteiger partial charge is 0.229 e. The summed E-state index contributed by atoms with van der Waals surface area (Å²) in [6.45, 7) is 2.80. The van der Waals surface area contributed by atoms with Crippen molar-refractivity contribution in [3.8, 4) is 0 Å². The second kappa shape index (κ2) is 7.81. The minimum absolute atomic E-state index is 0.385. The number of hydrogen-bond donors (Lipinski definition) is 3. The molecule has 1 aliphatic heterocycles. The lowest BCUT2D eigenvalue weighted by Crippen LogP contribution is -2.41. The van der Waals surface area contributed by atoms with E-state index in [0.29, 0.717) is 11.7 Å². The second-order valence-corrected chi connectivity index (χ2v) is 9.21. The van der Waals surface area contributed by atoms with Crippen molar-refractivity contribution in [1.29, 1.82) is 0 Å². The Morgan fingerprint density at radius 3 is 2.96 bits per heavy atom. The molecule has 4 rings (SSSR count). The maximum absolute atomic E-state index is 11.4. The van der Waals surface area contributed by atoms with E-state index in [1.54, 1.807) is 6.07 Å². The predicted molar refractivity (Wildman–Crippen MR) is 113 cm³/mol. The molecule has 1 saturated heterocycles. The number of anilines is 2. The van der Waals surface area contributed by atoms with E-state index in [1.807, 2.05) is 30.5 Å². The van der Waals surface area contributed by atoms with Crippen molar-refractivity contribution in [1.82, 2.24) is 15.1 Å². The fourth-order valence-electron chi connectivity index (χ4n) is 3.79. The minimum atomic E-state index is -3.26. The Kier molecular flexibility index (Phi) is 5.23. The molecule has 1 aromatic heterocycles.